The molecule has 1 amide bonds. The highest BCUT2D eigenvalue weighted by atomic mass is 32.2. The molecular formula is C12H17NO4S. The lowest BCUT2D eigenvalue weighted by Gasteiger charge is -2.28. The zero-order valence-electron chi connectivity index (χ0n) is 9.99. The molecule has 2 N–H and O–H groups in total. The van der Waals surface area contributed by atoms with E-state index in [-0.39, 0.29) is 29.6 Å². The van der Waals surface area contributed by atoms with Gasteiger partial charge in [0.1, 0.15) is 0 Å². The molecule has 0 spiro atoms. The summed E-state index contributed by atoms with van der Waals surface area (Å²) < 4.78 is 0. The second-order valence-electron chi connectivity index (χ2n) is 5.57. The van der Waals surface area contributed by atoms with Gasteiger partial charge in [-0.05, 0) is 30.6 Å². The maximum atomic E-state index is 12.1. The molecule has 0 radical (unpaired) electrons. The molecule has 1 aliphatic heterocycles. The van der Waals surface area contributed by atoms with Crippen molar-refractivity contribution in [3.8, 4) is 0 Å². The molecule has 0 aromatic rings. The monoisotopic (exact) mass is 271 g/mol. The van der Waals surface area contributed by atoms with Gasteiger partial charge in [-0.2, -0.15) is 0 Å². The molecule has 3 fully saturated rings. The van der Waals surface area contributed by atoms with E-state index in [1.807, 2.05) is 4.90 Å². The smallest absolute Gasteiger partial charge is 0.313 e. The summed E-state index contributed by atoms with van der Waals surface area (Å²) in [5.74, 6) is 0.697. The van der Waals surface area contributed by atoms with Gasteiger partial charge in [-0.3, -0.25) is 9.59 Å². The van der Waals surface area contributed by atoms with Gasteiger partial charge < -0.3 is 15.1 Å². The lowest BCUT2D eigenvalue weighted by molar-refractivity contribution is -0.133. The Morgan fingerprint density at radius 1 is 1.22 bits per heavy atom. The SMILES string of the molecule is O=C(O)CSCC(=O)N1CC2CC3CC2C1C3O. The Labute approximate surface area is 110 Å². The molecule has 0 aromatic carbocycles. The number of aliphatic hydroxyl groups excluding tert-OH is 1. The Kier molecular flexibility index (Phi) is 3.02. The first-order chi connectivity index (χ1) is 8.58. The number of likely N-dealkylation sites (tertiary alicyclic amines) is 1. The van der Waals surface area contributed by atoms with E-state index in [1.54, 1.807) is 0 Å². The molecule has 18 heavy (non-hydrogen) atoms. The van der Waals surface area contributed by atoms with E-state index in [1.165, 1.54) is 0 Å². The van der Waals surface area contributed by atoms with E-state index >= 15 is 0 Å². The molecule has 1 saturated heterocycles. The number of amides is 1. The third-order valence-corrected chi connectivity index (χ3v) is 5.52. The first-order valence-electron chi connectivity index (χ1n) is 6.35. The lowest BCUT2D eigenvalue weighted by atomic mass is 9.88. The van der Waals surface area contributed by atoms with Crippen LogP contribution < -0.4 is 0 Å². The van der Waals surface area contributed by atoms with Crippen LogP contribution in [0.2, 0.25) is 0 Å². The summed E-state index contributed by atoms with van der Waals surface area (Å²) in [6.45, 7) is 0.759. The Morgan fingerprint density at radius 2 is 2.00 bits per heavy atom. The van der Waals surface area contributed by atoms with Gasteiger partial charge in [-0.15, -0.1) is 11.8 Å². The third-order valence-electron chi connectivity index (χ3n) is 4.62. The van der Waals surface area contributed by atoms with Crippen LogP contribution in [0.1, 0.15) is 12.8 Å². The summed E-state index contributed by atoms with van der Waals surface area (Å²) in [7, 11) is 0. The Morgan fingerprint density at radius 3 is 2.67 bits per heavy atom. The highest BCUT2D eigenvalue weighted by molar-refractivity contribution is 8.00. The number of aliphatic hydroxyl groups is 1. The van der Waals surface area contributed by atoms with Crippen molar-refractivity contribution in [1.82, 2.24) is 4.90 Å². The first kappa shape index (κ1) is 12.3. The molecule has 5 nitrogen and oxygen atoms in total. The summed E-state index contributed by atoms with van der Waals surface area (Å²) in [5.41, 5.74) is 0. The van der Waals surface area contributed by atoms with Crippen molar-refractivity contribution in [2.75, 3.05) is 18.1 Å². The molecule has 3 rings (SSSR count). The van der Waals surface area contributed by atoms with Crippen LogP contribution in [0, 0.1) is 17.8 Å². The molecule has 100 valence electrons. The second kappa shape index (κ2) is 4.42. The number of carboxylic acids is 1. The zero-order valence-corrected chi connectivity index (χ0v) is 10.8. The fraction of sp³-hybridized carbons (Fsp3) is 0.833. The van der Waals surface area contributed by atoms with Crippen molar-refractivity contribution in [2.45, 2.75) is 25.0 Å². The summed E-state index contributed by atoms with van der Waals surface area (Å²) in [6.07, 6.45) is 1.75. The van der Waals surface area contributed by atoms with Crippen molar-refractivity contribution in [1.29, 1.82) is 0 Å². The molecule has 5 atom stereocenters. The predicted molar refractivity (Wildman–Crippen MR) is 66.2 cm³/mol. The van der Waals surface area contributed by atoms with Gasteiger partial charge in [0.25, 0.3) is 0 Å². The van der Waals surface area contributed by atoms with E-state index < -0.39 is 5.97 Å². The van der Waals surface area contributed by atoms with Crippen LogP contribution in [-0.4, -0.2) is 57.2 Å². The van der Waals surface area contributed by atoms with E-state index in [0.717, 1.165) is 31.1 Å². The molecule has 2 bridgehead atoms. The van der Waals surface area contributed by atoms with Gasteiger partial charge in [0.15, 0.2) is 0 Å². The zero-order chi connectivity index (χ0) is 12.9. The number of nitrogens with zero attached hydrogens (tertiary/aromatic N) is 1. The van der Waals surface area contributed by atoms with Crippen molar-refractivity contribution in [3.63, 3.8) is 0 Å². The van der Waals surface area contributed by atoms with Crippen molar-refractivity contribution in [2.24, 2.45) is 17.8 Å². The topological polar surface area (TPSA) is 77.8 Å². The van der Waals surface area contributed by atoms with Gasteiger partial charge in [0.2, 0.25) is 5.91 Å². The minimum absolute atomic E-state index is 0.00618. The van der Waals surface area contributed by atoms with E-state index in [0.29, 0.717) is 17.8 Å². The molecule has 2 saturated carbocycles. The van der Waals surface area contributed by atoms with Crippen LogP contribution in [0.4, 0.5) is 0 Å². The second-order valence-corrected chi connectivity index (χ2v) is 6.55. The number of aliphatic carboxylic acids is 1. The largest absolute Gasteiger partial charge is 0.481 e. The molecular weight excluding hydrogens is 254 g/mol. The molecule has 6 heteroatoms. The number of carbonyl (C=O) groups is 2. The van der Waals surface area contributed by atoms with E-state index in [9.17, 15) is 14.7 Å². The van der Waals surface area contributed by atoms with Crippen LogP contribution in [0.3, 0.4) is 0 Å². The third kappa shape index (κ3) is 1.82. The van der Waals surface area contributed by atoms with E-state index in [2.05, 4.69) is 0 Å². The number of carbonyl (C=O) groups excluding carboxylic acids is 1. The summed E-state index contributed by atoms with van der Waals surface area (Å²) in [5, 5.41) is 18.7. The summed E-state index contributed by atoms with van der Waals surface area (Å²) in [4.78, 5) is 24.3. The fourth-order valence-corrected chi connectivity index (χ4v) is 4.62. The van der Waals surface area contributed by atoms with Crippen LogP contribution in [0.25, 0.3) is 0 Å². The van der Waals surface area contributed by atoms with Crippen LogP contribution >= 0.6 is 11.8 Å². The van der Waals surface area contributed by atoms with E-state index in [4.69, 9.17) is 5.11 Å². The van der Waals surface area contributed by atoms with Crippen molar-refractivity contribution < 1.29 is 19.8 Å². The number of hydrogen-bond acceptors (Lipinski definition) is 4. The molecule has 3 aliphatic rings. The standard InChI is InChI=1S/C12H17NO4S/c14-9(4-18-5-10(15)16)13-3-7-1-6-2-8(7)11(13)12(6)17/h6-8,11-12,17H,1-5H2,(H,15,16). The van der Waals surface area contributed by atoms with Gasteiger partial charge in [0, 0.05) is 6.54 Å². The van der Waals surface area contributed by atoms with Crippen LogP contribution in [0.15, 0.2) is 0 Å². The van der Waals surface area contributed by atoms with Crippen molar-refractivity contribution in [3.05, 3.63) is 0 Å². The minimum Gasteiger partial charge on any atom is -0.481 e. The Bertz CT molecular complexity index is 386. The maximum Gasteiger partial charge on any atom is 0.313 e. The number of hydrogen-bond donors (Lipinski definition) is 2. The number of thioether (sulfide) groups is 1. The number of fused-ring (bicyclic) bond motifs is 1. The fourth-order valence-electron chi connectivity index (χ4n) is 4.01. The average molecular weight is 271 g/mol. The van der Waals surface area contributed by atoms with Gasteiger partial charge >= 0.3 is 5.97 Å². The average Bonchev–Trinajstić information content (AvgIpc) is 2.88. The van der Waals surface area contributed by atoms with Crippen molar-refractivity contribution >= 4 is 23.6 Å². The molecule has 5 unspecified atom stereocenters. The maximum absolute atomic E-state index is 12.1. The van der Waals surface area contributed by atoms with Gasteiger partial charge in [-0.1, -0.05) is 0 Å². The Hall–Kier alpha value is -0.750. The number of carboxylic acid groups (broad SMARTS) is 1. The highest BCUT2D eigenvalue weighted by Crippen LogP contribution is 2.54. The normalized spacial score (nSPS) is 40.5. The quantitative estimate of drug-likeness (QED) is 0.754. The first-order valence-corrected chi connectivity index (χ1v) is 7.50. The lowest BCUT2D eigenvalue weighted by Crippen LogP contribution is -2.44. The minimum atomic E-state index is -0.893. The summed E-state index contributed by atoms with van der Waals surface area (Å²) in [6, 6.07) is 0.00618. The summed E-state index contributed by atoms with van der Waals surface area (Å²) >= 11 is 1.13. The molecule has 2 aliphatic carbocycles. The van der Waals surface area contributed by atoms with Crippen LogP contribution in [0.5, 0.6) is 0 Å². The number of rotatable bonds is 4. The highest BCUT2D eigenvalue weighted by Gasteiger charge is 2.59. The van der Waals surface area contributed by atoms with Gasteiger partial charge in [0.05, 0.1) is 23.7 Å². The Balaban J connectivity index is 1.60. The van der Waals surface area contributed by atoms with Gasteiger partial charge in [-0.25, -0.2) is 0 Å². The predicted octanol–water partition coefficient (Wildman–Crippen LogP) is 0.0319. The molecule has 1 heterocycles. The molecule has 0 aromatic heterocycles. The van der Waals surface area contributed by atoms with Crippen LogP contribution in [-0.2, 0) is 9.59 Å².